The van der Waals surface area contributed by atoms with Crippen LogP contribution in [0.25, 0.3) is 0 Å². The number of halogens is 1. The van der Waals surface area contributed by atoms with Gasteiger partial charge >= 0.3 is 5.97 Å². The molecule has 7 nitrogen and oxygen atoms in total. The molecule has 1 saturated heterocycles. The number of allylic oxidation sites excluding steroid dienone is 1. The van der Waals surface area contributed by atoms with Gasteiger partial charge < -0.3 is 10.4 Å². The molecule has 3 atom stereocenters. The van der Waals surface area contributed by atoms with Gasteiger partial charge in [0.25, 0.3) is 5.91 Å². The normalized spacial score (nSPS) is 24.1. The lowest BCUT2D eigenvalue weighted by atomic mass is 9.72. The van der Waals surface area contributed by atoms with Crippen molar-refractivity contribution in [2.45, 2.75) is 37.6 Å². The molecule has 2 heterocycles. The van der Waals surface area contributed by atoms with E-state index in [0.717, 1.165) is 5.56 Å². The number of nitrogens with one attached hydrogen (secondary N) is 1. The van der Waals surface area contributed by atoms with Crippen molar-refractivity contribution in [2.24, 2.45) is 5.92 Å². The summed E-state index contributed by atoms with van der Waals surface area (Å²) in [5, 5.41) is 12.7. The monoisotopic (exact) mass is 495 g/mol. The molecule has 1 aliphatic carbocycles. The van der Waals surface area contributed by atoms with E-state index < -0.39 is 23.3 Å². The fourth-order valence-electron chi connectivity index (χ4n) is 4.70. The predicted molar refractivity (Wildman–Crippen MR) is 131 cm³/mol. The third kappa shape index (κ3) is 4.60. The van der Waals surface area contributed by atoms with Gasteiger partial charge in [-0.3, -0.25) is 19.5 Å². The number of carboxylic acids is 1. The molecule has 4 rings (SSSR count). The number of aromatic nitrogens is 1. The summed E-state index contributed by atoms with van der Waals surface area (Å²) in [6.07, 6.45) is 7.16. The Labute approximate surface area is 207 Å². The quantitative estimate of drug-likeness (QED) is 0.594. The van der Waals surface area contributed by atoms with Crippen LogP contribution in [0.2, 0.25) is 0 Å². The summed E-state index contributed by atoms with van der Waals surface area (Å²) in [5.41, 5.74) is 0.666. The van der Waals surface area contributed by atoms with E-state index in [-0.39, 0.29) is 28.4 Å². The van der Waals surface area contributed by atoms with E-state index in [1.807, 2.05) is 13.8 Å². The summed E-state index contributed by atoms with van der Waals surface area (Å²) >= 11 is 1.43. The maximum absolute atomic E-state index is 13.5. The van der Waals surface area contributed by atoms with Gasteiger partial charge in [0.15, 0.2) is 5.54 Å². The van der Waals surface area contributed by atoms with Crippen LogP contribution in [-0.2, 0) is 9.59 Å². The highest BCUT2D eigenvalue weighted by Crippen LogP contribution is 2.46. The number of nitrogens with zero attached hydrogens (tertiary/aromatic N) is 2. The number of hydrogen-bond donors (Lipinski definition) is 2. The Balaban J connectivity index is 1.74. The van der Waals surface area contributed by atoms with Crippen molar-refractivity contribution in [3.05, 3.63) is 89.2 Å². The van der Waals surface area contributed by atoms with Crippen molar-refractivity contribution in [1.29, 1.82) is 0 Å². The molecule has 1 fully saturated rings. The SMILES string of the molecule is CCCC1C(C)=C(N2C(=O)CSC2c2ccc(F)cc2)C=CC1(NC(=O)c1cccnc1)C(=O)O. The van der Waals surface area contributed by atoms with Gasteiger partial charge in [-0.2, -0.15) is 0 Å². The van der Waals surface area contributed by atoms with Gasteiger partial charge in [-0.25, -0.2) is 9.18 Å². The molecule has 1 aromatic heterocycles. The molecule has 1 aromatic carbocycles. The molecule has 2 aliphatic rings. The molecule has 2 N–H and O–H groups in total. The van der Waals surface area contributed by atoms with Crippen LogP contribution in [0.4, 0.5) is 4.39 Å². The molecular formula is C26H26FN3O4S. The fraction of sp³-hybridized carbons (Fsp3) is 0.308. The Kier molecular flexibility index (Phi) is 7.07. The zero-order valence-corrected chi connectivity index (χ0v) is 20.2. The van der Waals surface area contributed by atoms with Crippen LogP contribution in [0.5, 0.6) is 0 Å². The van der Waals surface area contributed by atoms with E-state index in [1.54, 1.807) is 35.2 Å². The highest BCUT2D eigenvalue weighted by atomic mass is 32.2. The van der Waals surface area contributed by atoms with Crippen LogP contribution in [0, 0.1) is 11.7 Å². The summed E-state index contributed by atoms with van der Waals surface area (Å²) in [7, 11) is 0. The first-order valence-corrected chi connectivity index (χ1v) is 12.4. The number of carbonyl (C=O) groups excluding carboxylic acids is 2. The molecule has 0 bridgehead atoms. The zero-order chi connectivity index (χ0) is 25.2. The molecule has 3 unspecified atom stereocenters. The number of benzene rings is 1. The second-order valence-electron chi connectivity index (χ2n) is 8.59. The highest BCUT2D eigenvalue weighted by Gasteiger charge is 2.49. The number of amides is 2. The zero-order valence-electron chi connectivity index (χ0n) is 19.4. The van der Waals surface area contributed by atoms with Crippen molar-refractivity contribution in [3.8, 4) is 0 Å². The third-order valence-electron chi connectivity index (χ3n) is 6.44. The standard InChI is InChI=1S/C26H26FN3O4S/c1-3-5-20-16(2)21(30-22(31)15-35-24(30)17-7-9-19(27)10-8-17)11-12-26(20,25(33)34)29-23(32)18-6-4-13-28-14-18/h4,6-14,20,24H,3,5,15H2,1-2H3,(H,29,32)(H,33,34). The second-order valence-corrected chi connectivity index (χ2v) is 9.66. The van der Waals surface area contributed by atoms with Gasteiger partial charge in [-0.15, -0.1) is 11.8 Å². The smallest absolute Gasteiger partial charge is 0.334 e. The number of hydrogen-bond acceptors (Lipinski definition) is 5. The molecule has 2 aromatic rings. The highest BCUT2D eigenvalue weighted by molar-refractivity contribution is 8.00. The van der Waals surface area contributed by atoms with E-state index in [2.05, 4.69) is 10.3 Å². The maximum Gasteiger partial charge on any atom is 0.334 e. The minimum Gasteiger partial charge on any atom is -0.479 e. The first kappa shape index (κ1) is 24.7. The van der Waals surface area contributed by atoms with Crippen LogP contribution in [-0.4, -0.2) is 44.1 Å². The van der Waals surface area contributed by atoms with Gasteiger partial charge in [0.2, 0.25) is 5.91 Å². The van der Waals surface area contributed by atoms with E-state index in [9.17, 15) is 23.9 Å². The van der Waals surface area contributed by atoms with Crippen molar-refractivity contribution in [3.63, 3.8) is 0 Å². The number of aliphatic carboxylic acids is 1. The molecule has 0 spiro atoms. The van der Waals surface area contributed by atoms with Gasteiger partial charge in [0, 0.05) is 24.0 Å². The Morgan fingerprint density at radius 2 is 2.03 bits per heavy atom. The van der Waals surface area contributed by atoms with Gasteiger partial charge in [0.05, 0.1) is 11.3 Å². The van der Waals surface area contributed by atoms with E-state index in [0.29, 0.717) is 24.1 Å². The Hall–Kier alpha value is -3.46. The van der Waals surface area contributed by atoms with Crippen molar-refractivity contribution in [1.82, 2.24) is 15.2 Å². The Morgan fingerprint density at radius 1 is 1.29 bits per heavy atom. The number of carboxylic acid groups (broad SMARTS) is 1. The Bertz CT molecular complexity index is 1200. The maximum atomic E-state index is 13.5. The van der Waals surface area contributed by atoms with Crippen molar-refractivity contribution < 1.29 is 23.9 Å². The van der Waals surface area contributed by atoms with Gasteiger partial charge in [-0.1, -0.05) is 25.5 Å². The summed E-state index contributed by atoms with van der Waals surface area (Å²) in [4.78, 5) is 44.2. The number of carbonyl (C=O) groups is 3. The Morgan fingerprint density at radius 3 is 2.66 bits per heavy atom. The van der Waals surface area contributed by atoms with Crippen molar-refractivity contribution >= 4 is 29.5 Å². The summed E-state index contributed by atoms with van der Waals surface area (Å²) < 4.78 is 13.5. The van der Waals surface area contributed by atoms with Crippen LogP contribution >= 0.6 is 11.8 Å². The molecule has 9 heteroatoms. The first-order chi connectivity index (χ1) is 16.8. The van der Waals surface area contributed by atoms with Crippen LogP contribution in [0.1, 0.15) is 48.0 Å². The van der Waals surface area contributed by atoms with E-state index >= 15 is 0 Å². The summed E-state index contributed by atoms with van der Waals surface area (Å²) in [5.74, 6) is -2.52. The van der Waals surface area contributed by atoms with E-state index in [1.165, 1.54) is 42.4 Å². The van der Waals surface area contributed by atoms with Crippen LogP contribution in [0.3, 0.4) is 0 Å². The second kappa shape index (κ2) is 10.0. The molecule has 1 aliphatic heterocycles. The molecule has 2 amide bonds. The minimum atomic E-state index is -1.68. The van der Waals surface area contributed by atoms with Crippen LogP contribution in [0.15, 0.2) is 72.2 Å². The summed E-state index contributed by atoms with van der Waals surface area (Å²) in [6, 6.07) is 9.20. The van der Waals surface area contributed by atoms with Crippen molar-refractivity contribution in [2.75, 3.05) is 5.75 Å². The molecule has 35 heavy (non-hydrogen) atoms. The number of pyridine rings is 1. The van der Waals surface area contributed by atoms with Crippen LogP contribution < -0.4 is 5.32 Å². The third-order valence-corrected chi connectivity index (χ3v) is 7.65. The lowest BCUT2D eigenvalue weighted by Gasteiger charge is -2.41. The average molecular weight is 496 g/mol. The predicted octanol–water partition coefficient (Wildman–Crippen LogP) is 4.31. The molecule has 0 saturated carbocycles. The number of thioether (sulfide) groups is 1. The van der Waals surface area contributed by atoms with E-state index in [4.69, 9.17) is 0 Å². The molecular weight excluding hydrogens is 469 g/mol. The van der Waals surface area contributed by atoms with Gasteiger partial charge in [0.1, 0.15) is 11.2 Å². The summed E-state index contributed by atoms with van der Waals surface area (Å²) in [6.45, 7) is 3.75. The lowest BCUT2D eigenvalue weighted by molar-refractivity contribution is -0.144. The fourth-order valence-corrected chi connectivity index (χ4v) is 5.87. The first-order valence-electron chi connectivity index (χ1n) is 11.3. The molecule has 182 valence electrons. The largest absolute Gasteiger partial charge is 0.479 e. The number of rotatable bonds is 7. The topological polar surface area (TPSA) is 99.6 Å². The van der Waals surface area contributed by atoms with Gasteiger partial charge in [-0.05, 0) is 60.9 Å². The molecule has 0 radical (unpaired) electrons. The average Bonchev–Trinajstić information content (AvgIpc) is 3.23. The lowest BCUT2D eigenvalue weighted by Crippen LogP contribution is -2.59. The minimum absolute atomic E-state index is 0.110.